The fraction of sp³-hybridized carbons (Fsp3) is 0.929. The summed E-state index contributed by atoms with van der Waals surface area (Å²) in [6, 6.07) is -0.363. The second kappa shape index (κ2) is 8.76. The number of hydrogen-bond donors (Lipinski definition) is 1. The smallest absolute Gasteiger partial charge is 0.221 e. The van der Waals surface area contributed by atoms with E-state index in [2.05, 4.69) is 10.2 Å². The molecule has 25 heavy (non-hydrogen) atoms. The van der Waals surface area contributed by atoms with Crippen molar-refractivity contribution in [1.82, 2.24) is 14.5 Å². The fourth-order valence-corrected chi connectivity index (χ4v) is 5.47. The number of nitrogens with zero attached hydrogens (tertiary/aromatic N) is 2. The highest BCUT2D eigenvalue weighted by molar-refractivity contribution is 7.91. The van der Waals surface area contributed by atoms with Crippen molar-refractivity contribution >= 4 is 25.8 Å². The van der Waals surface area contributed by atoms with Gasteiger partial charge in [-0.05, 0) is 6.42 Å². The average molecular weight is 398 g/mol. The Morgan fingerprint density at radius 2 is 1.96 bits per heavy atom. The third kappa shape index (κ3) is 7.18. The second-order valence-electron chi connectivity index (χ2n) is 6.53. The molecule has 0 spiro atoms. The third-order valence-electron chi connectivity index (χ3n) is 4.42. The van der Waals surface area contributed by atoms with E-state index in [1.165, 1.54) is 4.31 Å². The standard InChI is InChI=1S/C14H27N3O6S2/c1-24(19,20)17(6-5-16-7-9-23-10-8-16)4-2-14(18)15-13-3-11-25(21,22)12-13/h13H,2-12H2,1H3,(H,15,18). The monoisotopic (exact) mass is 397 g/mol. The molecule has 2 heterocycles. The molecule has 2 aliphatic rings. The summed E-state index contributed by atoms with van der Waals surface area (Å²) in [7, 11) is -6.46. The van der Waals surface area contributed by atoms with E-state index in [0.717, 1.165) is 19.3 Å². The molecular formula is C14H27N3O6S2. The Morgan fingerprint density at radius 1 is 1.28 bits per heavy atom. The highest BCUT2D eigenvalue weighted by Crippen LogP contribution is 2.11. The van der Waals surface area contributed by atoms with Gasteiger partial charge in [0.25, 0.3) is 0 Å². The summed E-state index contributed by atoms with van der Waals surface area (Å²) in [6.45, 7) is 3.84. The number of ether oxygens (including phenoxy) is 1. The van der Waals surface area contributed by atoms with Crippen LogP contribution in [0.4, 0.5) is 0 Å². The topological polar surface area (TPSA) is 113 Å². The molecule has 146 valence electrons. The quantitative estimate of drug-likeness (QED) is 0.518. The van der Waals surface area contributed by atoms with Crippen LogP contribution in [0.5, 0.6) is 0 Å². The molecule has 9 nitrogen and oxygen atoms in total. The van der Waals surface area contributed by atoms with Crippen LogP contribution < -0.4 is 5.32 Å². The molecule has 1 N–H and O–H groups in total. The minimum absolute atomic E-state index is 0.0206. The van der Waals surface area contributed by atoms with Gasteiger partial charge in [-0.2, -0.15) is 0 Å². The normalized spacial score (nSPS) is 24.5. The summed E-state index contributed by atoms with van der Waals surface area (Å²) in [5, 5.41) is 2.68. The first-order chi connectivity index (χ1) is 11.7. The van der Waals surface area contributed by atoms with Crippen molar-refractivity contribution < 1.29 is 26.4 Å². The van der Waals surface area contributed by atoms with Crippen LogP contribution in [0.3, 0.4) is 0 Å². The van der Waals surface area contributed by atoms with E-state index in [1.807, 2.05) is 0 Å². The summed E-state index contributed by atoms with van der Waals surface area (Å²) in [4.78, 5) is 14.1. The third-order valence-corrected chi connectivity index (χ3v) is 7.50. The van der Waals surface area contributed by atoms with E-state index >= 15 is 0 Å². The largest absolute Gasteiger partial charge is 0.379 e. The zero-order chi connectivity index (χ0) is 18.5. The van der Waals surface area contributed by atoms with Gasteiger partial charge in [0.2, 0.25) is 15.9 Å². The van der Waals surface area contributed by atoms with Gasteiger partial charge in [-0.25, -0.2) is 21.1 Å². The van der Waals surface area contributed by atoms with E-state index in [4.69, 9.17) is 4.74 Å². The van der Waals surface area contributed by atoms with Crippen LogP contribution in [-0.4, -0.2) is 102 Å². The number of nitrogens with one attached hydrogen (secondary N) is 1. The van der Waals surface area contributed by atoms with Gasteiger partial charge in [-0.15, -0.1) is 0 Å². The number of morpholine rings is 1. The summed E-state index contributed by atoms with van der Waals surface area (Å²) < 4.78 is 53.2. The maximum Gasteiger partial charge on any atom is 0.221 e. The van der Waals surface area contributed by atoms with Crippen LogP contribution in [0.15, 0.2) is 0 Å². The van der Waals surface area contributed by atoms with Crippen LogP contribution in [0, 0.1) is 0 Å². The highest BCUT2D eigenvalue weighted by Gasteiger charge is 2.29. The zero-order valence-electron chi connectivity index (χ0n) is 14.5. The van der Waals surface area contributed by atoms with Gasteiger partial charge in [-0.3, -0.25) is 9.69 Å². The predicted octanol–water partition coefficient (Wildman–Crippen LogP) is -1.73. The Labute approximate surface area is 149 Å². The molecule has 0 saturated carbocycles. The number of carbonyl (C=O) groups is 1. The van der Waals surface area contributed by atoms with Gasteiger partial charge in [-0.1, -0.05) is 0 Å². The van der Waals surface area contributed by atoms with E-state index in [9.17, 15) is 21.6 Å². The second-order valence-corrected chi connectivity index (χ2v) is 10.7. The lowest BCUT2D eigenvalue weighted by molar-refractivity contribution is -0.121. The summed E-state index contributed by atoms with van der Waals surface area (Å²) >= 11 is 0. The Hall–Kier alpha value is -0.750. The lowest BCUT2D eigenvalue weighted by Crippen LogP contribution is -2.44. The minimum Gasteiger partial charge on any atom is -0.379 e. The molecule has 2 saturated heterocycles. The Kier molecular flexibility index (Phi) is 7.20. The number of hydrogen-bond acceptors (Lipinski definition) is 7. The number of rotatable bonds is 8. The van der Waals surface area contributed by atoms with Crippen LogP contribution in [-0.2, 0) is 29.4 Å². The van der Waals surface area contributed by atoms with Crippen molar-refractivity contribution in [2.75, 3.05) is 63.7 Å². The number of sulfone groups is 1. The molecule has 11 heteroatoms. The first kappa shape index (κ1) is 20.6. The molecule has 0 bridgehead atoms. The van der Waals surface area contributed by atoms with Crippen molar-refractivity contribution in [3.8, 4) is 0 Å². The van der Waals surface area contributed by atoms with Gasteiger partial charge in [0.1, 0.15) is 0 Å². The molecule has 1 unspecified atom stereocenters. The summed E-state index contributed by atoms with van der Waals surface area (Å²) in [5.41, 5.74) is 0. The fourth-order valence-electron chi connectivity index (χ4n) is 2.96. The molecule has 0 radical (unpaired) electrons. The van der Waals surface area contributed by atoms with Crippen molar-refractivity contribution in [3.63, 3.8) is 0 Å². The minimum atomic E-state index is -3.41. The van der Waals surface area contributed by atoms with Crippen LogP contribution in [0.25, 0.3) is 0 Å². The maximum absolute atomic E-state index is 12.0. The van der Waals surface area contributed by atoms with Crippen LogP contribution >= 0.6 is 0 Å². The molecule has 0 aromatic carbocycles. The SMILES string of the molecule is CS(=O)(=O)N(CCC(=O)NC1CCS(=O)(=O)C1)CCN1CCOCC1. The molecule has 1 atom stereocenters. The van der Waals surface area contributed by atoms with E-state index in [-0.39, 0.29) is 36.4 Å². The number of carbonyl (C=O) groups excluding carboxylic acids is 1. The molecule has 0 aromatic heterocycles. The van der Waals surface area contributed by atoms with Gasteiger partial charge in [0, 0.05) is 45.2 Å². The zero-order valence-corrected chi connectivity index (χ0v) is 16.1. The Bertz CT molecular complexity index is 658. The van der Waals surface area contributed by atoms with E-state index < -0.39 is 19.9 Å². The summed E-state index contributed by atoms with van der Waals surface area (Å²) in [5.74, 6) is -0.263. The van der Waals surface area contributed by atoms with Gasteiger partial charge in [0.05, 0.1) is 31.0 Å². The van der Waals surface area contributed by atoms with Crippen LogP contribution in [0.1, 0.15) is 12.8 Å². The van der Waals surface area contributed by atoms with E-state index in [0.29, 0.717) is 32.7 Å². The predicted molar refractivity (Wildman–Crippen MR) is 93.5 cm³/mol. The van der Waals surface area contributed by atoms with Crippen molar-refractivity contribution in [2.45, 2.75) is 18.9 Å². The van der Waals surface area contributed by atoms with Gasteiger partial charge >= 0.3 is 0 Å². The molecule has 0 aromatic rings. The lowest BCUT2D eigenvalue weighted by Gasteiger charge is -2.29. The molecule has 1 amide bonds. The molecule has 0 aliphatic carbocycles. The van der Waals surface area contributed by atoms with Crippen molar-refractivity contribution in [1.29, 1.82) is 0 Å². The average Bonchev–Trinajstić information content (AvgIpc) is 2.85. The number of sulfonamides is 1. The number of amides is 1. The lowest BCUT2D eigenvalue weighted by atomic mass is 10.2. The molecule has 2 fully saturated rings. The first-order valence-electron chi connectivity index (χ1n) is 8.41. The highest BCUT2D eigenvalue weighted by atomic mass is 32.2. The Morgan fingerprint density at radius 3 is 2.52 bits per heavy atom. The molecular weight excluding hydrogens is 370 g/mol. The van der Waals surface area contributed by atoms with Crippen LogP contribution in [0.2, 0.25) is 0 Å². The van der Waals surface area contributed by atoms with Gasteiger partial charge < -0.3 is 10.1 Å². The summed E-state index contributed by atoms with van der Waals surface area (Å²) in [6.07, 6.45) is 1.57. The molecule has 2 aliphatic heterocycles. The first-order valence-corrected chi connectivity index (χ1v) is 12.1. The Balaban J connectivity index is 1.78. The maximum atomic E-state index is 12.0. The van der Waals surface area contributed by atoms with Crippen molar-refractivity contribution in [2.24, 2.45) is 0 Å². The van der Waals surface area contributed by atoms with Crippen molar-refractivity contribution in [3.05, 3.63) is 0 Å². The van der Waals surface area contributed by atoms with E-state index in [1.54, 1.807) is 0 Å². The van der Waals surface area contributed by atoms with Gasteiger partial charge in [0.15, 0.2) is 9.84 Å². The molecule has 2 rings (SSSR count).